The zero-order valence-corrected chi connectivity index (χ0v) is 20.5. The molecule has 1 amide bonds. The van der Waals surface area contributed by atoms with Crippen LogP contribution in [0.2, 0.25) is 0 Å². The maximum atomic E-state index is 13.7. The van der Waals surface area contributed by atoms with Crippen LogP contribution in [0.25, 0.3) is 21.8 Å². The van der Waals surface area contributed by atoms with Gasteiger partial charge in [0.05, 0.1) is 5.69 Å². The smallest absolute Gasteiger partial charge is 0.274 e. The molecule has 3 aliphatic rings. The summed E-state index contributed by atoms with van der Waals surface area (Å²) in [6.07, 6.45) is 2.92. The Morgan fingerprint density at radius 3 is 2.53 bits per heavy atom. The lowest BCUT2D eigenvalue weighted by molar-refractivity contribution is 0.0806. The molecule has 3 heterocycles. The number of rotatable bonds is 4. The number of amides is 1. The number of allylic oxidation sites excluding steroid dienone is 2. The van der Waals surface area contributed by atoms with Crippen molar-refractivity contribution in [1.29, 1.82) is 0 Å². The summed E-state index contributed by atoms with van der Waals surface area (Å²) in [5.74, 6) is 0.205. The maximum absolute atomic E-state index is 13.7. The van der Waals surface area contributed by atoms with Crippen molar-refractivity contribution in [3.63, 3.8) is 0 Å². The fourth-order valence-electron chi connectivity index (χ4n) is 6.64. The molecule has 38 heavy (non-hydrogen) atoms. The Kier molecular flexibility index (Phi) is 4.17. The highest BCUT2D eigenvalue weighted by Gasteiger charge is 2.67. The van der Waals surface area contributed by atoms with Crippen molar-refractivity contribution in [3.05, 3.63) is 119 Å². The van der Waals surface area contributed by atoms with Gasteiger partial charge in [-0.3, -0.25) is 14.4 Å². The first-order valence-electron chi connectivity index (χ1n) is 12.9. The van der Waals surface area contributed by atoms with E-state index in [2.05, 4.69) is 9.97 Å². The number of aromatic nitrogens is 2. The van der Waals surface area contributed by atoms with E-state index in [0.29, 0.717) is 23.9 Å². The van der Waals surface area contributed by atoms with Crippen LogP contribution in [0.5, 0.6) is 0 Å². The number of ketones is 2. The van der Waals surface area contributed by atoms with Crippen molar-refractivity contribution in [2.24, 2.45) is 5.92 Å². The molecule has 3 aromatic carbocycles. The van der Waals surface area contributed by atoms with Gasteiger partial charge in [0, 0.05) is 57.5 Å². The monoisotopic (exact) mass is 497 g/mol. The van der Waals surface area contributed by atoms with E-state index in [9.17, 15) is 14.4 Å². The molecule has 1 saturated heterocycles. The van der Waals surface area contributed by atoms with Crippen LogP contribution in [-0.4, -0.2) is 38.9 Å². The highest BCUT2D eigenvalue weighted by atomic mass is 16.2. The average molecular weight is 498 g/mol. The SMILES string of the molecule is O=C(Cc1ccc2[nH]c(C(=O)N3C[C@H]4CC45C3=CC(=O)c3ccccc35)cc2c1)c1cc2ccccc2[nH]1. The van der Waals surface area contributed by atoms with Gasteiger partial charge in [-0.1, -0.05) is 48.5 Å². The number of nitrogens with zero attached hydrogens (tertiary/aromatic N) is 1. The molecule has 184 valence electrons. The molecule has 2 aliphatic carbocycles. The van der Waals surface area contributed by atoms with Gasteiger partial charge in [0.1, 0.15) is 5.69 Å². The number of carbonyl (C=O) groups is 3. The number of para-hydroxylation sites is 1. The second kappa shape index (κ2) is 7.42. The summed E-state index contributed by atoms with van der Waals surface area (Å²) in [6, 6.07) is 25.2. The highest BCUT2D eigenvalue weighted by Crippen LogP contribution is 2.66. The van der Waals surface area contributed by atoms with E-state index in [1.54, 1.807) is 11.0 Å². The van der Waals surface area contributed by atoms with Gasteiger partial charge in [0.2, 0.25) is 0 Å². The van der Waals surface area contributed by atoms with Crippen molar-refractivity contribution in [2.75, 3.05) is 6.54 Å². The molecule has 2 N–H and O–H groups in total. The zero-order valence-electron chi connectivity index (χ0n) is 20.5. The normalized spacial score (nSPS) is 21.3. The van der Waals surface area contributed by atoms with E-state index in [-0.39, 0.29) is 29.3 Å². The molecule has 8 rings (SSSR count). The molecule has 2 atom stereocenters. The van der Waals surface area contributed by atoms with Crippen LogP contribution in [-0.2, 0) is 11.8 Å². The van der Waals surface area contributed by atoms with Crippen LogP contribution >= 0.6 is 0 Å². The summed E-state index contributed by atoms with van der Waals surface area (Å²) in [5, 5.41) is 1.90. The maximum Gasteiger partial charge on any atom is 0.274 e. The predicted molar refractivity (Wildman–Crippen MR) is 144 cm³/mol. The number of H-pyrrole nitrogens is 2. The molecule has 1 saturated carbocycles. The van der Waals surface area contributed by atoms with E-state index in [1.165, 1.54) is 0 Å². The van der Waals surface area contributed by atoms with E-state index in [0.717, 1.165) is 50.6 Å². The van der Waals surface area contributed by atoms with Crippen molar-refractivity contribution >= 4 is 39.3 Å². The van der Waals surface area contributed by atoms with Crippen LogP contribution in [0.4, 0.5) is 0 Å². The minimum Gasteiger partial charge on any atom is -0.352 e. The molecule has 0 radical (unpaired) electrons. The molecule has 2 aromatic heterocycles. The van der Waals surface area contributed by atoms with Gasteiger partial charge >= 0.3 is 0 Å². The van der Waals surface area contributed by atoms with Gasteiger partial charge in [0.25, 0.3) is 5.91 Å². The number of piperidine rings is 1. The number of hydrogen-bond donors (Lipinski definition) is 2. The summed E-state index contributed by atoms with van der Waals surface area (Å²) in [7, 11) is 0. The van der Waals surface area contributed by atoms with Crippen LogP contribution in [0, 0.1) is 5.92 Å². The summed E-state index contributed by atoms with van der Waals surface area (Å²) in [6.45, 7) is 0.617. The minimum absolute atomic E-state index is 0.0168. The third-order valence-electron chi connectivity index (χ3n) is 8.55. The van der Waals surface area contributed by atoms with Gasteiger partial charge in [-0.05, 0) is 53.8 Å². The Labute approximate surface area is 218 Å². The van der Waals surface area contributed by atoms with Gasteiger partial charge < -0.3 is 14.9 Å². The first-order valence-corrected chi connectivity index (χ1v) is 12.9. The third kappa shape index (κ3) is 2.91. The molecular weight excluding hydrogens is 474 g/mol. The van der Waals surface area contributed by atoms with Crippen LogP contribution in [0.1, 0.15) is 48.9 Å². The lowest BCUT2D eigenvalue weighted by Crippen LogP contribution is -2.33. The Bertz CT molecular complexity index is 1860. The van der Waals surface area contributed by atoms with Crippen LogP contribution in [0.15, 0.2) is 90.6 Å². The van der Waals surface area contributed by atoms with Crippen LogP contribution < -0.4 is 0 Å². The number of likely N-dealkylation sites (tertiary alicyclic amines) is 1. The summed E-state index contributed by atoms with van der Waals surface area (Å²) in [4.78, 5) is 47.7. The molecule has 6 heteroatoms. The lowest BCUT2D eigenvalue weighted by Gasteiger charge is -2.29. The first-order chi connectivity index (χ1) is 18.5. The molecule has 0 bridgehead atoms. The summed E-state index contributed by atoms with van der Waals surface area (Å²) < 4.78 is 0. The Morgan fingerprint density at radius 1 is 0.868 bits per heavy atom. The number of Topliss-reactive ketones (excluding diaryl/α,β-unsaturated/α-hetero) is 1. The topological polar surface area (TPSA) is 86.0 Å². The predicted octanol–water partition coefficient (Wildman–Crippen LogP) is 5.57. The van der Waals surface area contributed by atoms with E-state index < -0.39 is 0 Å². The second-order valence-electron chi connectivity index (χ2n) is 10.7. The van der Waals surface area contributed by atoms with E-state index in [1.807, 2.05) is 78.9 Å². The van der Waals surface area contributed by atoms with Gasteiger partial charge in [-0.15, -0.1) is 0 Å². The van der Waals surface area contributed by atoms with E-state index in [4.69, 9.17) is 0 Å². The zero-order chi connectivity index (χ0) is 25.6. The van der Waals surface area contributed by atoms with Gasteiger partial charge in [-0.25, -0.2) is 0 Å². The average Bonchev–Trinajstić information content (AvgIpc) is 3.25. The summed E-state index contributed by atoms with van der Waals surface area (Å²) >= 11 is 0. The molecule has 5 aromatic rings. The van der Waals surface area contributed by atoms with E-state index >= 15 is 0 Å². The number of carbonyl (C=O) groups excluding carboxylic acids is 3. The number of nitrogens with one attached hydrogen (secondary N) is 2. The van der Waals surface area contributed by atoms with Crippen molar-refractivity contribution in [2.45, 2.75) is 18.3 Å². The fourth-order valence-corrected chi connectivity index (χ4v) is 6.64. The lowest BCUT2D eigenvalue weighted by atomic mass is 9.81. The van der Waals surface area contributed by atoms with Gasteiger partial charge in [-0.2, -0.15) is 0 Å². The highest BCUT2D eigenvalue weighted by molar-refractivity contribution is 6.10. The Hall–Kier alpha value is -4.71. The largest absolute Gasteiger partial charge is 0.352 e. The number of fused-ring (bicyclic) bond motifs is 3. The Balaban J connectivity index is 1.07. The molecule has 1 aliphatic heterocycles. The van der Waals surface area contributed by atoms with Crippen LogP contribution in [0.3, 0.4) is 0 Å². The molecule has 2 fully saturated rings. The molecular formula is C32H23N3O3. The second-order valence-corrected chi connectivity index (χ2v) is 10.7. The fraction of sp³-hybridized carbons (Fsp3) is 0.156. The van der Waals surface area contributed by atoms with Crippen molar-refractivity contribution in [3.8, 4) is 0 Å². The van der Waals surface area contributed by atoms with Crippen molar-refractivity contribution in [1.82, 2.24) is 14.9 Å². The quantitative estimate of drug-likeness (QED) is 0.319. The number of benzene rings is 3. The minimum atomic E-state index is -0.206. The van der Waals surface area contributed by atoms with Gasteiger partial charge in [0.15, 0.2) is 11.6 Å². The number of hydrogen-bond acceptors (Lipinski definition) is 3. The van der Waals surface area contributed by atoms with Crippen molar-refractivity contribution < 1.29 is 14.4 Å². The third-order valence-corrected chi connectivity index (χ3v) is 8.55. The Morgan fingerprint density at radius 2 is 1.63 bits per heavy atom. The first kappa shape index (κ1) is 21.4. The molecule has 1 spiro atoms. The standard InChI is InChI=1S/C32H23N3O3/c36-28-15-30-32(23-7-3-2-6-22(23)28)16-21(32)17-35(30)31(38)27-14-20-11-18(9-10-25(20)34-27)12-29(37)26-13-19-5-1-4-8-24(19)33-26/h1-11,13-15,21,33-34H,12,16-17H2/t21-,32?/m1/s1. The molecule has 6 nitrogen and oxygen atoms in total. The molecule has 1 unspecified atom stereocenters. The summed E-state index contributed by atoms with van der Waals surface area (Å²) in [5.41, 5.74) is 6.20. The number of aromatic amines is 2.